The molecule has 4 nitrogen and oxygen atoms in total. The van der Waals surface area contributed by atoms with Crippen molar-refractivity contribution in [2.75, 3.05) is 13.1 Å². The van der Waals surface area contributed by atoms with Gasteiger partial charge in [0.15, 0.2) is 5.96 Å². The van der Waals surface area contributed by atoms with Gasteiger partial charge in [-0.1, -0.05) is 24.3 Å². The first kappa shape index (κ1) is 18.1. The normalized spacial score (nSPS) is 16.2. The summed E-state index contributed by atoms with van der Waals surface area (Å²) in [5, 5.41) is 8.73. The third-order valence-electron chi connectivity index (χ3n) is 3.53. The molecule has 2 aromatic rings. The van der Waals surface area contributed by atoms with Gasteiger partial charge in [0.2, 0.25) is 0 Å². The molecule has 2 heterocycles. The van der Waals surface area contributed by atoms with Gasteiger partial charge in [0.1, 0.15) is 11.9 Å². The van der Waals surface area contributed by atoms with Gasteiger partial charge in [-0.05, 0) is 30.0 Å². The summed E-state index contributed by atoms with van der Waals surface area (Å²) >= 11 is 1.73. The van der Waals surface area contributed by atoms with Crippen molar-refractivity contribution in [3.05, 3.63) is 52.2 Å². The van der Waals surface area contributed by atoms with Crippen molar-refractivity contribution in [3.8, 4) is 5.75 Å². The summed E-state index contributed by atoms with van der Waals surface area (Å²) < 4.78 is 5.94. The van der Waals surface area contributed by atoms with Crippen LogP contribution in [0.1, 0.15) is 17.4 Å². The van der Waals surface area contributed by atoms with Crippen molar-refractivity contribution in [2.24, 2.45) is 4.99 Å². The standard InChI is InChI=1S/C17H21N3OS.HI/c1-2-18-17(20-12-15-7-5-9-22-15)19-11-14-10-13-6-3-4-8-16(13)21-14;/h3-9,14H,2,10-12H2,1H3,(H2,18,19,20);1H. The molecule has 124 valence electrons. The van der Waals surface area contributed by atoms with Gasteiger partial charge in [-0.15, -0.1) is 35.3 Å². The Balaban J connectivity index is 0.00000192. The number of fused-ring (bicyclic) bond motifs is 1. The molecule has 6 heteroatoms. The Labute approximate surface area is 158 Å². The summed E-state index contributed by atoms with van der Waals surface area (Å²) in [5.74, 6) is 1.85. The van der Waals surface area contributed by atoms with Crippen LogP contribution in [0.15, 0.2) is 46.8 Å². The fourth-order valence-corrected chi connectivity index (χ4v) is 3.11. The lowest BCUT2D eigenvalue weighted by Gasteiger charge is -2.15. The molecule has 1 atom stereocenters. The molecule has 1 aromatic heterocycles. The fraction of sp³-hybridized carbons (Fsp3) is 0.353. The highest BCUT2D eigenvalue weighted by molar-refractivity contribution is 14.0. The minimum Gasteiger partial charge on any atom is -0.488 e. The molecular weight excluding hydrogens is 421 g/mol. The van der Waals surface area contributed by atoms with Crippen LogP contribution in [-0.2, 0) is 13.0 Å². The van der Waals surface area contributed by atoms with E-state index in [1.54, 1.807) is 11.3 Å². The predicted molar refractivity (Wildman–Crippen MR) is 107 cm³/mol. The quantitative estimate of drug-likeness (QED) is 0.423. The Kier molecular flexibility index (Phi) is 7.16. The van der Waals surface area contributed by atoms with Crippen LogP contribution < -0.4 is 15.4 Å². The minimum atomic E-state index is 0. The Hall–Kier alpha value is -1.28. The van der Waals surface area contributed by atoms with E-state index in [4.69, 9.17) is 4.74 Å². The third kappa shape index (κ3) is 5.10. The van der Waals surface area contributed by atoms with Crippen molar-refractivity contribution in [1.82, 2.24) is 10.6 Å². The second-order valence-corrected chi connectivity index (χ2v) is 6.24. The average Bonchev–Trinajstić information content (AvgIpc) is 3.18. The Morgan fingerprint density at radius 3 is 2.87 bits per heavy atom. The van der Waals surface area contributed by atoms with E-state index in [-0.39, 0.29) is 30.1 Å². The zero-order valence-corrected chi connectivity index (χ0v) is 16.3. The van der Waals surface area contributed by atoms with E-state index in [2.05, 4.69) is 52.2 Å². The van der Waals surface area contributed by atoms with E-state index in [0.29, 0.717) is 6.54 Å². The van der Waals surface area contributed by atoms with Gasteiger partial charge in [-0.2, -0.15) is 0 Å². The summed E-state index contributed by atoms with van der Waals surface area (Å²) in [4.78, 5) is 5.88. The van der Waals surface area contributed by atoms with Gasteiger partial charge in [0.05, 0.1) is 13.1 Å². The van der Waals surface area contributed by atoms with E-state index >= 15 is 0 Å². The Morgan fingerprint density at radius 2 is 2.13 bits per heavy atom. The zero-order chi connectivity index (χ0) is 15.2. The molecule has 0 amide bonds. The van der Waals surface area contributed by atoms with Crippen LogP contribution in [0.25, 0.3) is 0 Å². The first-order valence-corrected chi connectivity index (χ1v) is 8.52. The molecule has 0 fully saturated rings. The first-order valence-electron chi connectivity index (χ1n) is 7.64. The summed E-state index contributed by atoms with van der Waals surface area (Å²) in [6, 6.07) is 12.4. The van der Waals surface area contributed by atoms with Crippen LogP contribution in [0.4, 0.5) is 0 Å². The number of ether oxygens (including phenoxy) is 1. The summed E-state index contributed by atoms with van der Waals surface area (Å²) in [7, 11) is 0. The van der Waals surface area contributed by atoms with Crippen LogP contribution in [0.2, 0.25) is 0 Å². The molecule has 0 saturated carbocycles. The van der Waals surface area contributed by atoms with E-state index in [1.807, 2.05) is 12.1 Å². The number of nitrogens with one attached hydrogen (secondary N) is 2. The number of guanidine groups is 1. The van der Waals surface area contributed by atoms with Crippen LogP contribution in [-0.4, -0.2) is 25.2 Å². The third-order valence-corrected chi connectivity index (χ3v) is 4.39. The molecule has 23 heavy (non-hydrogen) atoms. The number of rotatable bonds is 5. The predicted octanol–water partition coefficient (Wildman–Crippen LogP) is 3.42. The van der Waals surface area contributed by atoms with E-state index in [9.17, 15) is 0 Å². The van der Waals surface area contributed by atoms with Gasteiger partial charge in [0, 0.05) is 17.8 Å². The molecule has 2 N–H and O–H groups in total. The molecule has 0 radical (unpaired) electrons. The van der Waals surface area contributed by atoms with Crippen LogP contribution >= 0.6 is 35.3 Å². The van der Waals surface area contributed by atoms with Crippen molar-refractivity contribution >= 4 is 41.3 Å². The topological polar surface area (TPSA) is 45.7 Å². The first-order chi connectivity index (χ1) is 10.8. The summed E-state index contributed by atoms with van der Waals surface area (Å²) in [6.07, 6.45) is 1.12. The molecule has 0 aliphatic carbocycles. The lowest BCUT2D eigenvalue weighted by Crippen LogP contribution is -2.42. The largest absolute Gasteiger partial charge is 0.488 e. The van der Waals surface area contributed by atoms with E-state index in [0.717, 1.165) is 31.2 Å². The number of halogens is 1. The van der Waals surface area contributed by atoms with Crippen molar-refractivity contribution in [1.29, 1.82) is 0 Å². The van der Waals surface area contributed by atoms with Gasteiger partial charge in [-0.3, -0.25) is 0 Å². The van der Waals surface area contributed by atoms with Crippen molar-refractivity contribution in [2.45, 2.75) is 26.0 Å². The van der Waals surface area contributed by atoms with Gasteiger partial charge < -0.3 is 15.4 Å². The van der Waals surface area contributed by atoms with Crippen LogP contribution in [0.3, 0.4) is 0 Å². The van der Waals surface area contributed by atoms with Gasteiger partial charge in [-0.25, -0.2) is 4.99 Å². The van der Waals surface area contributed by atoms with Gasteiger partial charge >= 0.3 is 0 Å². The number of hydrogen-bond donors (Lipinski definition) is 2. The zero-order valence-electron chi connectivity index (χ0n) is 13.1. The fourth-order valence-electron chi connectivity index (χ4n) is 2.48. The molecule has 0 spiro atoms. The van der Waals surface area contributed by atoms with E-state index in [1.165, 1.54) is 10.4 Å². The lowest BCUT2D eigenvalue weighted by atomic mass is 10.1. The molecule has 0 saturated heterocycles. The minimum absolute atomic E-state index is 0. The molecule has 1 aromatic carbocycles. The molecular formula is C17H22IN3OS. The number of hydrogen-bond acceptors (Lipinski definition) is 3. The molecule has 1 unspecified atom stereocenters. The number of aliphatic imine (C=N–C) groups is 1. The second-order valence-electron chi connectivity index (χ2n) is 5.21. The number of nitrogens with zero attached hydrogens (tertiary/aromatic N) is 1. The second kappa shape index (κ2) is 9.12. The van der Waals surface area contributed by atoms with Crippen molar-refractivity contribution < 1.29 is 4.74 Å². The Bertz CT molecular complexity index is 606. The summed E-state index contributed by atoms with van der Waals surface area (Å²) in [5.41, 5.74) is 1.29. The lowest BCUT2D eigenvalue weighted by molar-refractivity contribution is 0.235. The van der Waals surface area contributed by atoms with Gasteiger partial charge in [0.25, 0.3) is 0 Å². The molecule has 1 aliphatic heterocycles. The smallest absolute Gasteiger partial charge is 0.191 e. The maximum Gasteiger partial charge on any atom is 0.191 e. The van der Waals surface area contributed by atoms with E-state index < -0.39 is 0 Å². The molecule has 3 rings (SSSR count). The maximum atomic E-state index is 5.94. The number of benzene rings is 1. The molecule has 0 bridgehead atoms. The SMILES string of the molecule is CCNC(=NCc1cccs1)NCC1Cc2ccccc2O1.I. The number of thiophene rings is 1. The monoisotopic (exact) mass is 443 g/mol. The maximum absolute atomic E-state index is 5.94. The van der Waals surface area contributed by atoms with Crippen LogP contribution in [0, 0.1) is 0 Å². The van der Waals surface area contributed by atoms with Crippen LogP contribution in [0.5, 0.6) is 5.75 Å². The van der Waals surface area contributed by atoms with Crippen molar-refractivity contribution in [3.63, 3.8) is 0 Å². The average molecular weight is 443 g/mol. The Morgan fingerprint density at radius 1 is 1.26 bits per heavy atom. The summed E-state index contributed by atoms with van der Waals surface area (Å²) in [6.45, 7) is 4.38. The molecule has 1 aliphatic rings. The highest BCUT2D eigenvalue weighted by Gasteiger charge is 2.22. The highest BCUT2D eigenvalue weighted by Crippen LogP contribution is 2.27. The number of para-hydroxylation sites is 1. The highest BCUT2D eigenvalue weighted by atomic mass is 127.